The Hall–Kier alpha value is -4.08. The van der Waals surface area contributed by atoms with Crippen molar-refractivity contribution < 1.29 is 9.59 Å². The number of amides is 2. The van der Waals surface area contributed by atoms with E-state index < -0.39 is 11.8 Å². The first-order valence-electron chi connectivity index (χ1n) is 9.53. The van der Waals surface area contributed by atoms with Crippen molar-refractivity contribution in [3.63, 3.8) is 0 Å². The lowest BCUT2D eigenvalue weighted by Crippen LogP contribution is -2.51. The van der Waals surface area contributed by atoms with E-state index in [0.29, 0.717) is 43.5 Å². The van der Waals surface area contributed by atoms with Gasteiger partial charge in [0, 0.05) is 31.6 Å². The predicted octanol–water partition coefficient (Wildman–Crippen LogP) is 1.19. The van der Waals surface area contributed by atoms with Gasteiger partial charge in [0.1, 0.15) is 11.8 Å². The number of hydrogen-bond donors (Lipinski definition) is 2. The Kier molecular flexibility index (Phi) is 4.43. The summed E-state index contributed by atoms with van der Waals surface area (Å²) in [6.07, 6.45) is 4.67. The van der Waals surface area contributed by atoms with Crippen LogP contribution in [-0.2, 0) is 9.59 Å². The maximum Gasteiger partial charge on any atom is 0.313 e. The van der Waals surface area contributed by atoms with Gasteiger partial charge in [-0.05, 0) is 12.1 Å². The number of aromatic amines is 1. The SMILES string of the molecule is O=C(Nc1cnc2ccccc2c1)C(=O)N1CCN(c2nc3ncncc3[nH]2)CC1. The molecule has 1 fully saturated rings. The van der Waals surface area contributed by atoms with Crippen molar-refractivity contribution >= 4 is 45.5 Å². The van der Waals surface area contributed by atoms with Crippen LogP contribution in [0.3, 0.4) is 0 Å². The number of hydrogen-bond acceptors (Lipinski definition) is 7. The molecule has 0 aliphatic carbocycles. The summed E-state index contributed by atoms with van der Waals surface area (Å²) in [5.74, 6) is -0.540. The second-order valence-electron chi connectivity index (χ2n) is 6.97. The molecule has 0 spiro atoms. The molecule has 3 aromatic heterocycles. The number of para-hydroxylation sites is 1. The van der Waals surface area contributed by atoms with Crippen molar-refractivity contribution in [2.24, 2.45) is 0 Å². The van der Waals surface area contributed by atoms with Crippen molar-refractivity contribution in [2.45, 2.75) is 0 Å². The molecular formula is C20H18N8O2. The minimum Gasteiger partial charge on any atom is -0.339 e. The van der Waals surface area contributed by atoms with Crippen LogP contribution in [0.25, 0.3) is 22.1 Å². The smallest absolute Gasteiger partial charge is 0.313 e. The molecular weight excluding hydrogens is 384 g/mol. The fraction of sp³-hybridized carbons (Fsp3) is 0.200. The quantitative estimate of drug-likeness (QED) is 0.483. The van der Waals surface area contributed by atoms with E-state index in [2.05, 4.69) is 30.2 Å². The highest BCUT2D eigenvalue weighted by atomic mass is 16.2. The van der Waals surface area contributed by atoms with E-state index in [-0.39, 0.29) is 0 Å². The Morgan fingerprint density at radius 3 is 2.70 bits per heavy atom. The molecule has 0 saturated carbocycles. The lowest BCUT2D eigenvalue weighted by atomic mass is 10.2. The Labute approximate surface area is 171 Å². The molecule has 1 saturated heterocycles. The summed E-state index contributed by atoms with van der Waals surface area (Å²) in [4.78, 5) is 48.6. The monoisotopic (exact) mass is 402 g/mol. The Balaban J connectivity index is 1.21. The maximum absolute atomic E-state index is 12.6. The molecule has 0 atom stereocenters. The first kappa shape index (κ1) is 18.0. The van der Waals surface area contributed by atoms with E-state index in [4.69, 9.17) is 0 Å². The highest BCUT2D eigenvalue weighted by molar-refractivity contribution is 6.39. The third-order valence-electron chi connectivity index (χ3n) is 5.06. The first-order chi connectivity index (χ1) is 14.7. The van der Waals surface area contributed by atoms with Crippen molar-refractivity contribution in [1.82, 2.24) is 29.8 Å². The van der Waals surface area contributed by atoms with E-state index in [9.17, 15) is 9.59 Å². The van der Waals surface area contributed by atoms with Gasteiger partial charge in [-0.25, -0.2) is 9.97 Å². The number of nitrogens with one attached hydrogen (secondary N) is 2. The van der Waals surface area contributed by atoms with Crippen molar-refractivity contribution in [3.05, 3.63) is 49.1 Å². The zero-order valence-corrected chi connectivity index (χ0v) is 15.9. The van der Waals surface area contributed by atoms with Crippen LogP contribution in [0.15, 0.2) is 49.1 Å². The second-order valence-corrected chi connectivity index (χ2v) is 6.97. The number of nitrogens with zero attached hydrogens (tertiary/aromatic N) is 6. The second kappa shape index (κ2) is 7.39. The topological polar surface area (TPSA) is 120 Å². The molecule has 10 heteroatoms. The van der Waals surface area contributed by atoms with Gasteiger partial charge in [0.25, 0.3) is 0 Å². The summed E-state index contributed by atoms with van der Waals surface area (Å²) in [6.45, 7) is 1.96. The lowest BCUT2D eigenvalue weighted by molar-refractivity contribution is -0.143. The zero-order chi connectivity index (χ0) is 20.5. The molecule has 5 rings (SSSR count). The number of benzene rings is 1. The average Bonchev–Trinajstić information content (AvgIpc) is 3.23. The molecule has 1 aliphatic rings. The van der Waals surface area contributed by atoms with Gasteiger partial charge < -0.3 is 20.1 Å². The molecule has 4 aromatic rings. The van der Waals surface area contributed by atoms with Gasteiger partial charge in [0.15, 0.2) is 5.65 Å². The summed E-state index contributed by atoms with van der Waals surface area (Å²) in [5.41, 5.74) is 2.68. The van der Waals surface area contributed by atoms with E-state index >= 15 is 0 Å². The summed E-state index contributed by atoms with van der Waals surface area (Å²) < 4.78 is 0. The average molecular weight is 402 g/mol. The summed E-state index contributed by atoms with van der Waals surface area (Å²) in [5, 5.41) is 3.55. The zero-order valence-electron chi connectivity index (χ0n) is 15.9. The standard InChI is InChI=1S/C20H18N8O2/c29-18(24-14-9-13-3-1-2-4-15(13)22-10-14)19(30)27-5-7-28(8-6-27)20-25-16-11-21-12-23-17(16)26-20/h1-4,9-12H,5-8H2,(H,24,29)(H,21,23,25,26). The molecule has 150 valence electrons. The van der Waals surface area contributed by atoms with Gasteiger partial charge in [0.2, 0.25) is 5.95 Å². The molecule has 1 aliphatic heterocycles. The molecule has 10 nitrogen and oxygen atoms in total. The molecule has 0 unspecified atom stereocenters. The molecule has 4 heterocycles. The number of piperazine rings is 1. The molecule has 2 amide bonds. The fourth-order valence-corrected chi connectivity index (χ4v) is 3.49. The van der Waals surface area contributed by atoms with Crippen LogP contribution in [-0.4, -0.2) is 67.8 Å². The Bertz CT molecular complexity index is 1210. The molecule has 2 N–H and O–H groups in total. The minimum atomic E-state index is -0.667. The van der Waals surface area contributed by atoms with E-state index in [0.717, 1.165) is 16.4 Å². The first-order valence-corrected chi connectivity index (χ1v) is 9.53. The number of anilines is 2. The molecule has 0 bridgehead atoms. The number of pyridine rings is 1. The fourth-order valence-electron chi connectivity index (χ4n) is 3.49. The normalized spacial score (nSPS) is 14.3. The number of fused-ring (bicyclic) bond motifs is 2. The van der Waals surface area contributed by atoms with Crippen LogP contribution in [0.5, 0.6) is 0 Å². The number of carbonyl (C=O) groups is 2. The number of rotatable bonds is 2. The molecule has 1 aromatic carbocycles. The van der Waals surface area contributed by atoms with Gasteiger partial charge in [-0.15, -0.1) is 0 Å². The summed E-state index contributed by atoms with van der Waals surface area (Å²) in [6, 6.07) is 9.39. The summed E-state index contributed by atoms with van der Waals surface area (Å²) in [7, 11) is 0. The minimum absolute atomic E-state index is 0.422. The van der Waals surface area contributed by atoms with Crippen LogP contribution in [0, 0.1) is 0 Å². The molecule has 0 radical (unpaired) electrons. The van der Waals surface area contributed by atoms with Crippen molar-refractivity contribution in [3.8, 4) is 0 Å². The lowest BCUT2D eigenvalue weighted by Gasteiger charge is -2.34. The predicted molar refractivity (Wildman–Crippen MR) is 111 cm³/mol. The van der Waals surface area contributed by atoms with Crippen LogP contribution >= 0.6 is 0 Å². The van der Waals surface area contributed by atoms with Gasteiger partial charge in [-0.3, -0.25) is 14.6 Å². The summed E-state index contributed by atoms with van der Waals surface area (Å²) >= 11 is 0. The van der Waals surface area contributed by atoms with Gasteiger partial charge in [0.05, 0.1) is 23.6 Å². The number of H-pyrrole nitrogens is 1. The van der Waals surface area contributed by atoms with Crippen LogP contribution < -0.4 is 10.2 Å². The Morgan fingerprint density at radius 2 is 1.87 bits per heavy atom. The third kappa shape index (κ3) is 3.39. The number of aromatic nitrogens is 5. The van der Waals surface area contributed by atoms with E-state index in [1.165, 1.54) is 6.33 Å². The molecule has 30 heavy (non-hydrogen) atoms. The van der Waals surface area contributed by atoms with E-state index in [1.54, 1.807) is 23.4 Å². The largest absolute Gasteiger partial charge is 0.339 e. The van der Waals surface area contributed by atoms with Crippen LogP contribution in [0.2, 0.25) is 0 Å². The van der Waals surface area contributed by atoms with E-state index in [1.807, 2.05) is 29.2 Å². The van der Waals surface area contributed by atoms with Gasteiger partial charge in [-0.2, -0.15) is 4.98 Å². The Morgan fingerprint density at radius 1 is 1.03 bits per heavy atom. The van der Waals surface area contributed by atoms with Gasteiger partial charge in [-0.1, -0.05) is 18.2 Å². The van der Waals surface area contributed by atoms with Crippen LogP contribution in [0.4, 0.5) is 11.6 Å². The highest BCUT2D eigenvalue weighted by Gasteiger charge is 2.27. The van der Waals surface area contributed by atoms with Gasteiger partial charge >= 0.3 is 11.8 Å². The van der Waals surface area contributed by atoms with Crippen molar-refractivity contribution in [2.75, 3.05) is 36.4 Å². The number of carbonyl (C=O) groups excluding carboxylic acids is 2. The maximum atomic E-state index is 12.6. The third-order valence-corrected chi connectivity index (χ3v) is 5.06. The number of imidazole rings is 1. The van der Waals surface area contributed by atoms with Crippen LogP contribution in [0.1, 0.15) is 0 Å². The highest BCUT2D eigenvalue weighted by Crippen LogP contribution is 2.18. The van der Waals surface area contributed by atoms with Crippen molar-refractivity contribution in [1.29, 1.82) is 0 Å².